The quantitative estimate of drug-likeness (QED) is 0.402. The van der Waals surface area contributed by atoms with Crippen LogP contribution in [0.1, 0.15) is 32.2 Å². The van der Waals surface area contributed by atoms with Crippen LogP contribution in [0.3, 0.4) is 0 Å². The SMILES string of the molecule is CCOc1cc(OCC)c(C=Nn2c(CC)nc3ccc(Br)cc3c2=O)cc1Br. The van der Waals surface area contributed by atoms with E-state index in [9.17, 15) is 4.79 Å². The molecule has 3 rings (SSSR count). The van der Waals surface area contributed by atoms with Gasteiger partial charge in [-0.15, -0.1) is 0 Å². The van der Waals surface area contributed by atoms with Gasteiger partial charge in [0.2, 0.25) is 0 Å². The number of nitrogens with zero attached hydrogens (tertiary/aromatic N) is 3. The van der Waals surface area contributed by atoms with Gasteiger partial charge >= 0.3 is 0 Å². The van der Waals surface area contributed by atoms with Crippen LogP contribution in [0.25, 0.3) is 10.9 Å². The van der Waals surface area contributed by atoms with E-state index in [-0.39, 0.29) is 5.56 Å². The van der Waals surface area contributed by atoms with Crippen LogP contribution in [0.4, 0.5) is 0 Å². The molecule has 0 radical (unpaired) electrons. The van der Waals surface area contributed by atoms with Gasteiger partial charge in [0.15, 0.2) is 0 Å². The fourth-order valence-corrected chi connectivity index (χ4v) is 3.70. The highest BCUT2D eigenvalue weighted by Gasteiger charge is 2.12. The Morgan fingerprint density at radius 2 is 1.79 bits per heavy atom. The van der Waals surface area contributed by atoms with Gasteiger partial charge in [-0.1, -0.05) is 22.9 Å². The number of hydrogen-bond acceptors (Lipinski definition) is 5. The topological polar surface area (TPSA) is 65.7 Å². The Bertz CT molecular complexity index is 1130. The Hall–Kier alpha value is -2.19. The molecule has 29 heavy (non-hydrogen) atoms. The lowest BCUT2D eigenvalue weighted by molar-refractivity contribution is 0.321. The highest BCUT2D eigenvalue weighted by Crippen LogP contribution is 2.32. The third-order valence-corrected chi connectivity index (χ3v) is 5.28. The largest absolute Gasteiger partial charge is 0.493 e. The second-order valence-corrected chi connectivity index (χ2v) is 7.86. The van der Waals surface area contributed by atoms with E-state index in [1.165, 1.54) is 4.68 Å². The van der Waals surface area contributed by atoms with Crippen molar-refractivity contribution in [3.05, 3.63) is 61.0 Å². The first kappa shape index (κ1) is 21.5. The summed E-state index contributed by atoms with van der Waals surface area (Å²) in [4.78, 5) is 17.6. The van der Waals surface area contributed by atoms with Crippen LogP contribution in [0.15, 0.2) is 49.2 Å². The van der Waals surface area contributed by atoms with E-state index in [1.807, 2.05) is 45.0 Å². The van der Waals surface area contributed by atoms with Gasteiger partial charge in [0.25, 0.3) is 5.56 Å². The molecule has 0 amide bonds. The molecule has 0 bridgehead atoms. The van der Waals surface area contributed by atoms with Crippen molar-refractivity contribution in [3.8, 4) is 11.5 Å². The summed E-state index contributed by atoms with van der Waals surface area (Å²) < 4.78 is 14.3. The average Bonchev–Trinajstić information content (AvgIpc) is 2.70. The molecule has 0 atom stereocenters. The molecule has 0 saturated carbocycles. The van der Waals surface area contributed by atoms with Crippen molar-refractivity contribution in [2.75, 3.05) is 13.2 Å². The summed E-state index contributed by atoms with van der Waals surface area (Å²) in [6.45, 7) is 6.82. The fourth-order valence-electron chi connectivity index (χ4n) is 2.86. The minimum absolute atomic E-state index is 0.215. The summed E-state index contributed by atoms with van der Waals surface area (Å²) in [7, 11) is 0. The molecular weight excluding hydrogens is 502 g/mol. The molecule has 1 aromatic heterocycles. The Kier molecular flexibility index (Phi) is 7.08. The lowest BCUT2D eigenvalue weighted by atomic mass is 10.2. The molecule has 6 nitrogen and oxygen atoms in total. The second-order valence-electron chi connectivity index (χ2n) is 6.09. The number of benzene rings is 2. The summed E-state index contributed by atoms with van der Waals surface area (Å²) >= 11 is 6.92. The van der Waals surface area contributed by atoms with Crippen LogP contribution in [0.2, 0.25) is 0 Å². The highest BCUT2D eigenvalue weighted by molar-refractivity contribution is 9.10. The third-order valence-electron chi connectivity index (χ3n) is 4.17. The van der Waals surface area contributed by atoms with Crippen molar-refractivity contribution in [1.82, 2.24) is 9.66 Å². The van der Waals surface area contributed by atoms with E-state index in [0.717, 1.165) is 14.5 Å². The molecule has 152 valence electrons. The van der Waals surface area contributed by atoms with Gasteiger partial charge in [-0.25, -0.2) is 4.98 Å². The second kappa shape index (κ2) is 9.54. The van der Waals surface area contributed by atoms with Crippen molar-refractivity contribution in [2.45, 2.75) is 27.2 Å². The number of aryl methyl sites for hydroxylation is 1. The Labute approximate surface area is 185 Å². The predicted molar refractivity (Wildman–Crippen MR) is 123 cm³/mol. The Balaban J connectivity index is 2.12. The van der Waals surface area contributed by atoms with E-state index in [2.05, 4.69) is 41.9 Å². The lowest BCUT2D eigenvalue weighted by Crippen LogP contribution is -2.22. The molecule has 0 aliphatic rings. The molecule has 2 aromatic carbocycles. The summed E-state index contributed by atoms with van der Waals surface area (Å²) in [5.74, 6) is 1.91. The first-order valence-corrected chi connectivity index (χ1v) is 10.9. The molecule has 0 saturated heterocycles. The maximum absolute atomic E-state index is 13.0. The van der Waals surface area contributed by atoms with Gasteiger partial charge in [0, 0.05) is 22.5 Å². The summed E-state index contributed by atoms with van der Waals surface area (Å²) in [6.07, 6.45) is 2.18. The number of aromatic nitrogens is 2. The maximum atomic E-state index is 13.0. The zero-order valence-electron chi connectivity index (χ0n) is 16.4. The summed E-state index contributed by atoms with van der Waals surface area (Å²) in [5, 5.41) is 4.95. The molecule has 0 N–H and O–H groups in total. The molecular formula is C21H21Br2N3O3. The van der Waals surface area contributed by atoms with Crippen LogP contribution in [-0.2, 0) is 6.42 Å². The number of rotatable bonds is 7. The van der Waals surface area contributed by atoms with Gasteiger partial charge in [-0.2, -0.15) is 9.78 Å². The van der Waals surface area contributed by atoms with E-state index >= 15 is 0 Å². The van der Waals surface area contributed by atoms with E-state index in [1.54, 1.807) is 12.3 Å². The Morgan fingerprint density at radius 1 is 1.07 bits per heavy atom. The van der Waals surface area contributed by atoms with E-state index in [0.29, 0.717) is 47.9 Å². The summed E-state index contributed by atoms with van der Waals surface area (Å²) in [6, 6.07) is 9.13. The maximum Gasteiger partial charge on any atom is 0.282 e. The fraction of sp³-hybridized carbons (Fsp3) is 0.286. The van der Waals surface area contributed by atoms with Crippen LogP contribution >= 0.6 is 31.9 Å². The zero-order chi connectivity index (χ0) is 21.0. The smallest absolute Gasteiger partial charge is 0.282 e. The van der Waals surface area contributed by atoms with Crippen LogP contribution < -0.4 is 15.0 Å². The molecule has 0 aliphatic heterocycles. The summed E-state index contributed by atoms with van der Waals surface area (Å²) in [5.41, 5.74) is 1.16. The van der Waals surface area contributed by atoms with E-state index in [4.69, 9.17) is 9.47 Å². The van der Waals surface area contributed by atoms with Crippen molar-refractivity contribution in [2.24, 2.45) is 5.10 Å². The molecule has 0 aliphatic carbocycles. The third kappa shape index (κ3) is 4.70. The number of halogens is 2. The minimum Gasteiger partial charge on any atom is -0.493 e. The molecule has 0 unspecified atom stereocenters. The van der Waals surface area contributed by atoms with Crippen molar-refractivity contribution in [3.63, 3.8) is 0 Å². The highest BCUT2D eigenvalue weighted by atomic mass is 79.9. The van der Waals surface area contributed by atoms with Gasteiger partial charge in [-0.05, 0) is 54.0 Å². The molecule has 3 aromatic rings. The number of fused-ring (bicyclic) bond motifs is 1. The van der Waals surface area contributed by atoms with Gasteiger partial charge in [0.05, 0.1) is 34.8 Å². The monoisotopic (exact) mass is 521 g/mol. The first-order valence-electron chi connectivity index (χ1n) is 9.33. The molecule has 1 heterocycles. The number of ether oxygens (including phenoxy) is 2. The normalized spacial score (nSPS) is 11.3. The number of hydrogen-bond donors (Lipinski definition) is 0. The molecule has 0 spiro atoms. The van der Waals surface area contributed by atoms with Crippen LogP contribution in [0, 0.1) is 0 Å². The lowest BCUT2D eigenvalue weighted by Gasteiger charge is -2.12. The standard InChI is InChI=1S/C21H21Br2N3O3/c1-4-20-25-17-8-7-14(22)10-15(17)21(27)26(20)24-12-13-9-16(23)19(29-6-3)11-18(13)28-5-2/h7-12H,4-6H2,1-3H3. The van der Waals surface area contributed by atoms with Crippen molar-refractivity contribution in [1.29, 1.82) is 0 Å². The predicted octanol–water partition coefficient (Wildman–Crippen LogP) is 5.16. The van der Waals surface area contributed by atoms with Gasteiger partial charge in [0.1, 0.15) is 17.3 Å². The van der Waals surface area contributed by atoms with Crippen LogP contribution in [0.5, 0.6) is 11.5 Å². The first-order chi connectivity index (χ1) is 14.0. The van der Waals surface area contributed by atoms with Crippen LogP contribution in [-0.4, -0.2) is 29.1 Å². The minimum atomic E-state index is -0.215. The van der Waals surface area contributed by atoms with Gasteiger partial charge < -0.3 is 9.47 Å². The van der Waals surface area contributed by atoms with Crippen molar-refractivity contribution < 1.29 is 9.47 Å². The Morgan fingerprint density at radius 3 is 2.48 bits per heavy atom. The average molecular weight is 523 g/mol. The molecule has 0 fully saturated rings. The van der Waals surface area contributed by atoms with Crippen molar-refractivity contribution >= 4 is 49.0 Å². The molecule has 8 heteroatoms. The zero-order valence-corrected chi connectivity index (χ0v) is 19.6. The van der Waals surface area contributed by atoms with Gasteiger partial charge in [-0.3, -0.25) is 4.79 Å². The van der Waals surface area contributed by atoms with E-state index < -0.39 is 0 Å².